The lowest BCUT2D eigenvalue weighted by Crippen LogP contribution is -2.51. The molecule has 10 nitrogen and oxygen atoms in total. The van der Waals surface area contributed by atoms with E-state index in [0.29, 0.717) is 23.5 Å². The van der Waals surface area contributed by atoms with Crippen LogP contribution in [0.25, 0.3) is 11.3 Å². The number of β-amino-alcohol motifs (C(OH)–C–C–N with tert-alkyl or cyclic N) is 1. The molecule has 0 radical (unpaired) electrons. The Hall–Kier alpha value is -3.28. The Bertz CT molecular complexity index is 1320. The maximum Gasteiger partial charge on any atom is 0.284 e. The number of sulfonamides is 1. The van der Waals surface area contributed by atoms with E-state index >= 15 is 0 Å². The molecule has 0 unspecified atom stereocenters. The van der Waals surface area contributed by atoms with Crippen LogP contribution in [0.4, 0.5) is 5.82 Å². The fraction of sp³-hybridized carbons (Fsp3) is 0.348. The number of amides is 1. The fourth-order valence-electron chi connectivity index (χ4n) is 4.18. The number of nitrogens with one attached hydrogen (secondary N) is 1. The summed E-state index contributed by atoms with van der Waals surface area (Å²) in [5.74, 6) is 0.169. The number of imidazole rings is 1. The molecule has 0 bridgehead atoms. The highest BCUT2D eigenvalue weighted by atomic mass is 32.2. The van der Waals surface area contributed by atoms with Crippen LogP contribution in [0.2, 0.25) is 0 Å². The Morgan fingerprint density at radius 1 is 1.18 bits per heavy atom. The van der Waals surface area contributed by atoms with Gasteiger partial charge in [0.2, 0.25) is 10.0 Å². The van der Waals surface area contributed by atoms with E-state index in [-0.39, 0.29) is 29.9 Å². The van der Waals surface area contributed by atoms with Gasteiger partial charge < -0.3 is 20.7 Å². The molecule has 1 saturated heterocycles. The third kappa shape index (κ3) is 4.54. The molecule has 34 heavy (non-hydrogen) atoms. The number of carbonyl (C=O) groups is 1. The van der Waals surface area contributed by atoms with Crippen molar-refractivity contribution < 1.29 is 18.3 Å². The predicted molar refractivity (Wildman–Crippen MR) is 128 cm³/mol. The molecular formula is C23H28N6O4S. The first-order chi connectivity index (χ1) is 16.1. The van der Waals surface area contributed by atoms with Crippen LogP contribution >= 0.6 is 0 Å². The minimum atomic E-state index is -3.79. The summed E-state index contributed by atoms with van der Waals surface area (Å²) in [6, 6.07) is 8.05. The number of primary amides is 1. The van der Waals surface area contributed by atoms with Gasteiger partial charge in [-0.2, -0.15) is 4.31 Å². The van der Waals surface area contributed by atoms with Gasteiger partial charge >= 0.3 is 0 Å². The number of aryl methyl sites for hydroxylation is 2. The number of carbonyl (C=O) groups excluding carboxylic acids is 1. The lowest BCUT2D eigenvalue weighted by Gasteiger charge is -2.36. The molecule has 1 aliphatic rings. The number of anilines is 1. The van der Waals surface area contributed by atoms with E-state index in [0.717, 1.165) is 11.1 Å². The summed E-state index contributed by atoms with van der Waals surface area (Å²) < 4.78 is 29.3. The molecule has 2 atom stereocenters. The minimum Gasteiger partial charge on any atom is -0.390 e. The molecule has 180 valence electrons. The van der Waals surface area contributed by atoms with Crippen LogP contribution in [0, 0.1) is 13.8 Å². The fourth-order valence-corrected chi connectivity index (χ4v) is 5.66. The predicted octanol–water partition coefficient (Wildman–Crippen LogP) is 1.43. The molecule has 11 heteroatoms. The third-order valence-corrected chi connectivity index (χ3v) is 7.96. The van der Waals surface area contributed by atoms with Crippen LogP contribution in [-0.4, -0.2) is 63.5 Å². The van der Waals surface area contributed by atoms with Gasteiger partial charge in [0.1, 0.15) is 5.82 Å². The molecule has 1 amide bonds. The minimum absolute atomic E-state index is 0.0175. The maximum absolute atomic E-state index is 13.2. The molecule has 3 heterocycles. The smallest absolute Gasteiger partial charge is 0.284 e. The van der Waals surface area contributed by atoms with E-state index in [1.54, 1.807) is 29.9 Å². The van der Waals surface area contributed by atoms with Gasteiger partial charge in [0.15, 0.2) is 5.82 Å². The normalized spacial score (nSPS) is 19.2. The Labute approximate surface area is 198 Å². The second kappa shape index (κ2) is 9.16. The van der Waals surface area contributed by atoms with Gasteiger partial charge in [-0.1, -0.05) is 18.2 Å². The molecule has 1 aliphatic heterocycles. The second-order valence-corrected chi connectivity index (χ2v) is 10.5. The van der Waals surface area contributed by atoms with Crippen molar-refractivity contribution in [3.05, 3.63) is 59.7 Å². The summed E-state index contributed by atoms with van der Waals surface area (Å²) in [5.41, 5.74) is 8.67. The molecule has 1 fully saturated rings. The zero-order valence-electron chi connectivity index (χ0n) is 19.3. The standard InChI is InChI=1S/C23H28N6O4S/c1-14-10-15(2)22(25-11-14)27-18-8-9-29(13-20(18)30)34(32,33)17-6-4-16(5-7-17)19-12-26-23(21(24)31)28(19)3/h4-7,10-12,18,20,30H,8-9,13H2,1-3H3,(H2,24,31)(H,25,27)/t18-,20+/m1/s1. The van der Waals surface area contributed by atoms with Crippen LogP contribution in [0.3, 0.4) is 0 Å². The van der Waals surface area contributed by atoms with E-state index < -0.39 is 22.0 Å². The zero-order chi connectivity index (χ0) is 24.6. The molecule has 0 spiro atoms. The lowest BCUT2D eigenvalue weighted by molar-refractivity contribution is 0.0949. The largest absolute Gasteiger partial charge is 0.390 e. The highest BCUT2D eigenvalue weighted by molar-refractivity contribution is 7.89. The van der Waals surface area contributed by atoms with Crippen LogP contribution in [0.15, 0.2) is 47.6 Å². The number of hydrogen-bond donors (Lipinski definition) is 3. The number of benzene rings is 1. The molecule has 2 aromatic heterocycles. The van der Waals surface area contributed by atoms with E-state index in [4.69, 9.17) is 5.73 Å². The Kier molecular flexibility index (Phi) is 6.43. The lowest BCUT2D eigenvalue weighted by atomic mass is 10.0. The zero-order valence-corrected chi connectivity index (χ0v) is 20.1. The highest BCUT2D eigenvalue weighted by Gasteiger charge is 2.35. The van der Waals surface area contributed by atoms with Crippen LogP contribution < -0.4 is 11.1 Å². The first-order valence-corrected chi connectivity index (χ1v) is 12.3. The first kappa shape index (κ1) is 23.9. The van der Waals surface area contributed by atoms with E-state index in [2.05, 4.69) is 15.3 Å². The monoisotopic (exact) mass is 484 g/mol. The third-order valence-electron chi connectivity index (χ3n) is 6.08. The number of piperidine rings is 1. The Morgan fingerprint density at radius 2 is 1.88 bits per heavy atom. The Morgan fingerprint density at radius 3 is 2.47 bits per heavy atom. The van der Waals surface area contributed by atoms with Crippen molar-refractivity contribution in [3.8, 4) is 11.3 Å². The molecule has 1 aromatic carbocycles. The van der Waals surface area contributed by atoms with Gasteiger partial charge in [-0.3, -0.25) is 4.79 Å². The summed E-state index contributed by atoms with van der Waals surface area (Å²) in [5, 5.41) is 13.9. The van der Waals surface area contributed by atoms with Crippen molar-refractivity contribution in [2.45, 2.75) is 37.3 Å². The number of aliphatic hydroxyl groups is 1. The van der Waals surface area contributed by atoms with Crippen molar-refractivity contribution in [2.75, 3.05) is 18.4 Å². The number of hydrogen-bond acceptors (Lipinski definition) is 7. The van der Waals surface area contributed by atoms with E-state index in [1.807, 2.05) is 19.9 Å². The summed E-state index contributed by atoms with van der Waals surface area (Å²) >= 11 is 0. The highest BCUT2D eigenvalue weighted by Crippen LogP contribution is 2.26. The average molecular weight is 485 g/mol. The summed E-state index contributed by atoms with van der Waals surface area (Å²) in [7, 11) is -2.12. The molecule has 4 N–H and O–H groups in total. The SMILES string of the molecule is Cc1cnc(N[C@@H]2CCN(S(=O)(=O)c3ccc(-c4cnc(C(N)=O)n4C)cc3)C[C@@H]2O)c(C)c1. The molecular weight excluding hydrogens is 456 g/mol. The second-order valence-electron chi connectivity index (χ2n) is 8.56. The average Bonchev–Trinajstić information content (AvgIpc) is 3.18. The summed E-state index contributed by atoms with van der Waals surface area (Å²) in [4.78, 5) is 20.0. The van der Waals surface area contributed by atoms with Gasteiger partial charge in [0.05, 0.1) is 28.9 Å². The number of rotatable bonds is 6. The van der Waals surface area contributed by atoms with E-state index in [1.165, 1.54) is 22.6 Å². The van der Waals surface area contributed by atoms with Crippen LogP contribution in [-0.2, 0) is 17.1 Å². The summed E-state index contributed by atoms with van der Waals surface area (Å²) in [6.45, 7) is 4.16. The first-order valence-electron chi connectivity index (χ1n) is 10.9. The Balaban J connectivity index is 1.47. The summed E-state index contributed by atoms with van der Waals surface area (Å²) in [6.07, 6.45) is 2.83. The topological polar surface area (TPSA) is 143 Å². The maximum atomic E-state index is 13.2. The van der Waals surface area contributed by atoms with Gasteiger partial charge in [-0.05, 0) is 49.1 Å². The number of nitrogens with two attached hydrogens (primary N) is 1. The number of nitrogens with zero attached hydrogens (tertiary/aromatic N) is 4. The molecule has 3 aromatic rings. The van der Waals surface area contributed by atoms with Crippen molar-refractivity contribution in [2.24, 2.45) is 12.8 Å². The van der Waals surface area contributed by atoms with Crippen molar-refractivity contribution in [1.82, 2.24) is 18.8 Å². The quantitative estimate of drug-likeness (QED) is 0.480. The van der Waals surface area contributed by atoms with Crippen LogP contribution in [0.5, 0.6) is 0 Å². The molecule has 0 aliphatic carbocycles. The van der Waals surface area contributed by atoms with Gasteiger partial charge in [-0.25, -0.2) is 18.4 Å². The number of aromatic nitrogens is 3. The molecule has 0 saturated carbocycles. The van der Waals surface area contributed by atoms with E-state index in [9.17, 15) is 18.3 Å². The number of pyridine rings is 1. The van der Waals surface area contributed by atoms with Crippen molar-refractivity contribution >= 4 is 21.7 Å². The molecule has 4 rings (SSSR count). The van der Waals surface area contributed by atoms with Gasteiger partial charge in [0, 0.05) is 26.3 Å². The number of aliphatic hydroxyl groups excluding tert-OH is 1. The van der Waals surface area contributed by atoms with Crippen molar-refractivity contribution in [1.29, 1.82) is 0 Å². The van der Waals surface area contributed by atoms with Crippen LogP contribution in [0.1, 0.15) is 28.2 Å². The van der Waals surface area contributed by atoms with Gasteiger partial charge in [-0.15, -0.1) is 0 Å². The van der Waals surface area contributed by atoms with Crippen molar-refractivity contribution in [3.63, 3.8) is 0 Å². The van der Waals surface area contributed by atoms with Gasteiger partial charge in [0.25, 0.3) is 5.91 Å².